The highest BCUT2D eigenvalue weighted by Gasteiger charge is 2.28. The summed E-state index contributed by atoms with van der Waals surface area (Å²) in [5.41, 5.74) is 3.14. The summed E-state index contributed by atoms with van der Waals surface area (Å²) in [7, 11) is 0. The van der Waals surface area contributed by atoms with Crippen molar-refractivity contribution in [2.24, 2.45) is 4.99 Å². The van der Waals surface area contributed by atoms with Crippen molar-refractivity contribution >= 4 is 33.6 Å². The molecule has 1 aliphatic rings. The number of hydrogen-bond donors (Lipinski definition) is 0. The summed E-state index contributed by atoms with van der Waals surface area (Å²) in [5.74, 6) is 1.38. The van der Waals surface area contributed by atoms with E-state index in [1.165, 1.54) is 11.1 Å². The standard InChI is InChI=1S/C24H24N2O2S/c1-3-28-21-13-12-18-9-6-7-11-20(18)22(21)23(27)26-15-14-25-24(26)29-16-19-10-5-4-8-17(19)2/h4-13H,3,14-16H2,1-2H3. The number of aryl methyl sites for hydroxylation is 1. The second-order valence-corrected chi connectivity index (χ2v) is 7.87. The van der Waals surface area contributed by atoms with E-state index < -0.39 is 0 Å². The first-order chi connectivity index (χ1) is 14.2. The van der Waals surface area contributed by atoms with E-state index in [2.05, 4.69) is 24.0 Å². The van der Waals surface area contributed by atoms with Crippen LogP contribution in [0.5, 0.6) is 5.75 Å². The summed E-state index contributed by atoms with van der Waals surface area (Å²) in [6.07, 6.45) is 0. The first kappa shape index (κ1) is 19.5. The third-order valence-electron chi connectivity index (χ3n) is 5.07. The summed E-state index contributed by atoms with van der Waals surface area (Å²) >= 11 is 1.62. The predicted octanol–water partition coefficient (Wildman–Crippen LogP) is 5.29. The number of ether oxygens (including phenoxy) is 1. The quantitative estimate of drug-likeness (QED) is 0.580. The Bertz CT molecular complexity index is 1080. The van der Waals surface area contributed by atoms with Gasteiger partial charge in [-0.2, -0.15) is 0 Å². The van der Waals surface area contributed by atoms with Crippen LogP contribution in [0.3, 0.4) is 0 Å². The molecule has 0 atom stereocenters. The molecule has 1 aliphatic heterocycles. The molecule has 0 aromatic heterocycles. The molecule has 3 aromatic carbocycles. The maximum absolute atomic E-state index is 13.6. The minimum absolute atomic E-state index is 0.0428. The lowest BCUT2D eigenvalue weighted by molar-refractivity contribution is 0.0858. The van der Waals surface area contributed by atoms with Crippen molar-refractivity contribution in [3.8, 4) is 5.75 Å². The van der Waals surface area contributed by atoms with E-state index in [4.69, 9.17) is 4.74 Å². The summed E-state index contributed by atoms with van der Waals surface area (Å²) < 4.78 is 5.81. The Morgan fingerprint density at radius 2 is 1.90 bits per heavy atom. The maximum atomic E-state index is 13.6. The van der Waals surface area contributed by atoms with Gasteiger partial charge in [-0.15, -0.1) is 0 Å². The fourth-order valence-electron chi connectivity index (χ4n) is 3.54. The minimum atomic E-state index is -0.0428. The third kappa shape index (κ3) is 4.01. The van der Waals surface area contributed by atoms with E-state index >= 15 is 0 Å². The highest BCUT2D eigenvalue weighted by Crippen LogP contribution is 2.31. The number of carbonyl (C=O) groups is 1. The first-order valence-corrected chi connectivity index (χ1v) is 10.9. The topological polar surface area (TPSA) is 41.9 Å². The Balaban J connectivity index is 1.63. The molecule has 1 amide bonds. The molecule has 4 nitrogen and oxygen atoms in total. The molecule has 0 radical (unpaired) electrons. The van der Waals surface area contributed by atoms with Crippen molar-refractivity contribution in [3.63, 3.8) is 0 Å². The van der Waals surface area contributed by atoms with Gasteiger partial charge in [-0.3, -0.25) is 14.7 Å². The fourth-order valence-corrected chi connectivity index (χ4v) is 4.66. The molecule has 1 heterocycles. The number of carbonyl (C=O) groups excluding carboxylic acids is 1. The van der Waals surface area contributed by atoms with E-state index in [0.29, 0.717) is 31.0 Å². The summed E-state index contributed by atoms with van der Waals surface area (Å²) in [5, 5.41) is 2.73. The van der Waals surface area contributed by atoms with E-state index in [1.807, 2.05) is 55.5 Å². The van der Waals surface area contributed by atoms with Crippen molar-refractivity contribution in [3.05, 3.63) is 77.4 Å². The molecule has 148 valence electrons. The zero-order valence-electron chi connectivity index (χ0n) is 16.7. The molecule has 5 heteroatoms. The summed E-state index contributed by atoms with van der Waals surface area (Å²) in [4.78, 5) is 20.0. The van der Waals surface area contributed by atoms with E-state index in [-0.39, 0.29) is 5.91 Å². The van der Waals surface area contributed by atoms with Gasteiger partial charge in [0.2, 0.25) is 0 Å². The lowest BCUT2D eigenvalue weighted by Gasteiger charge is -2.21. The van der Waals surface area contributed by atoms with Crippen LogP contribution in [0, 0.1) is 6.92 Å². The number of thioether (sulfide) groups is 1. The van der Waals surface area contributed by atoms with E-state index in [9.17, 15) is 4.79 Å². The highest BCUT2D eigenvalue weighted by molar-refractivity contribution is 8.13. The molecule has 0 bridgehead atoms. The van der Waals surface area contributed by atoms with Crippen LogP contribution in [-0.2, 0) is 5.75 Å². The number of hydrogen-bond acceptors (Lipinski definition) is 4. The highest BCUT2D eigenvalue weighted by atomic mass is 32.2. The van der Waals surface area contributed by atoms with Crippen LogP contribution in [0.2, 0.25) is 0 Å². The van der Waals surface area contributed by atoms with Crippen LogP contribution < -0.4 is 4.74 Å². The van der Waals surface area contributed by atoms with Crippen LogP contribution in [0.4, 0.5) is 0 Å². The summed E-state index contributed by atoms with van der Waals surface area (Å²) in [6, 6.07) is 20.2. The molecule has 0 spiro atoms. The van der Waals surface area contributed by atoms with Gasteiger partial charge in [0.05, 0.1) is 18.7 Å². The fraction of sp³-hybridized carbons (Fsp3) is 0.250. The smallest absolute Gasteiger partial charge is 0.264 e. The number of rotatable bonds is 5. The largest absolute Gasteiger partial charge is 0.493 e. The van der Waals surface area contributed by atoms with Gasteiger partial charge in [0, 0.05) is 12.3 Å². The molecular weight excluding hydrogens is 380 g/mol. The molecular formula is C24H24N2O2S. The predicted molar refractivity (Wildman–Crippen MR) is 121 cm³/mol. The Labute approximate surface area is 175 Å². The van der Waals surface area contributed by atoms with Gasteiger partial charge in [0.25, 0.3) is 5.91 Å². The van der Waals surface area contributed by atoms with Crippen molar-refractivity contribution in [2.45, 2.75) is 19.6 Å². The molecule has 0 aliphatic carbocycles. The second-order valence-electron chi connectivity index (χ2n) is 6.93. The second kappa shape index (κ2) is 8.70. The molecule has 0 unspecified atom stereocenters. The number of amidine groups is 1. The SMILES string of the molecule is CCOc1ccc2ccccc2c1C(=O)N1CCN=C1SCc1ccccc1C. The average molecular weight is 405 g/mol. The van der Waals surface area contributed by atoms with Crippen molar-refractivity contribution in [2.75, 3.05) is 19.7 Å². The number of nitrogens with zero attached hydrogens (tertiary/aromatic N) is 2. The maximum Gasteiger partial charge on any atom is 0.264 e. The van der Waals surface area contributed by atoms with Crippen molar-refractivity contribution < 1.29 is 9.53 Å². The molecule has 0 fully saturated rings. The van der Waals surface area contributed by atoms with Crippen LogP contribution in [0.1, 0.15) is 28.4 Å². The van der Waals surface area contributed by atoms with Gasteiger partial charge >= 0.3 is 0 Å². The lowest BCUT2D eigenvalue weighted by atomic mass is 10.0. The van der Waals surface area contributed by atoms with E-state index in [1.54, 1.807) is 16.7 Å². The normalized spacial score (nSPS) is 13.6. The zero-order valence-corrected chi connectivity index (χ0v) is 17.5. The van der Waals surface area contributed by atoms with Gasteiger partial charge in [-0.1, -0.05) is 66.4 Å². The van der Waals surface area contributed by atoms with Crippen LogP contribution in [0.25, 0.3) is 10.8 Å². The third-order valence-corrected chi connectivity index (χ3v) is 6.13. The molecule has 0 saturated heterocycles. The van der Waals surface area contributed by atoms with Gasteiger partial charge in [-0.25, -0.2) is 0 Å². The first-order valence-electron chi connectivity index (χ1n) is 9.87. The van der Waals surface area contributed by atoms with E-state index in [0.717, 1.165) is 21.7 Å². The molecule has 29 heavy (non-hydrogen) atoms. The van der Waals surface area contributed by atoms with Crippen LogP contribution in [0.15, 0.2) is 65.7 Å². The van der Waals surface area contributed by atoms with Gasteiger partial charge in [0.1, 0.15) is 5.75 Å². The minimum Gasteiger partial charge on any atom is -0.493 e. The summed E-state index contributed by atoms with van der Waals surface area (Å²) in [6.45, 7) is 5.80. The molecule has 0 saturated carbocycles. The molecule has 0 N–H and O–H groups in total. The van der Waals surface area contributed by atoms with Crippen molar-refractivity contribution in [1.29, 1.82) is 0 Å². The van der Waals surface area contributed by atoms with Crippen molar-refractivity contribution in [1.82, 2.24) is 4.90 Å². The monoisotopic (exact) mass is 404 g/mol. The Hall–Kier alpha value is -2.79. The number of fused-ring (bicyclic) bond motifs is 1. The van der Waals surface area contributed by atoms with Gasteiger partial charge < -0.3 is 4.74 Å². The number of benzene rings is 3. The van der Waals surface area contributed by atoms with Gasteiger partial charge in [-0.05, 0) is 41.8 Å². The average Bonchev–Trinajstić information content (AvgIpc) is 3.21. The molecule has 3 aromatic rings. The molecule has 4 rings (SSSR count). The number of aliphatic imine (C=N–C) groups is 1. The zero-order chi connectivity index (χ0) is 20.2. The van der Waals surface area contributed by atoms with Crippen LogP contribution >= 0.6 is 11.8 Å². The van der Waals surface area contributed by atoms with Crippen LogP contribution in [-0.4, -0.2) is 35.7 Å². The lowest BCUT2D eigenvalue weighted by Crippen LogP contribution is -2.33. The Morgan fingerprint density at radius 3 is 2.72 bits per heavy atom. The Kier molecular flexibility index (Phi) is 5.86. The number of amides is 1. The van der Waals surface area contributed by atoms with Gasteiger partial charge in [0.15, 0.2) is 5.17 Å². The Morgan fingerprint density at radius 1 is 1.10 bits per heavy atom.